The summed E-state index contributed by atoms with van der Waals surface area (Å²) in [5.41, 5.74) is 3.88. The van der Waals surface area contributed by atoms with Crippen molar-refractivity contribution in [1.82, 2.24) is 24.6 Å². The summed E-state index contributed by atoms with van der Waals surface area (Å²) in [5, 5.41) is 9.29. The zero-order valence-electron chi connectivity index (χ0n) is 18.1. The molecular formula is C24H25N5O2. The van der Waals surface area contributed by atoms with E-state index in [-0.39, 0.29) is 36.2 Å². The lowest BCUT2D eigenvalue weighted by molar-refractivity contribution is 0.0891. The van der Waals surface area contributed by atoms with Crippen LogP contribution in [0.3, 0.4) is 0 Å². The summed E-state index contributed by atoms with van der Waals surface area (Å²) >= 11 is 0. The molecule has 158 valence electrons. The fourth-order valence-electron chi connectivity index (χ4n) is 4.38. The van der Waals surface area contributed by atoms with E-state index in [1.54, 1.807) is 12.4 Å². The van der Waals surface area contributed by atoms with E-state index in [0.717, 1.165) is 27.5 Å². The molecule has 1 aliphatic heterocycles. The third-order valence-electron chi connectivity index (χ3n) is 6.23. The number of hydrogen-bond donors (Lipinski definition) is 1. The highest BCUT2D eigenvalue weighted by Crippen LogP contribution is 2.30. The fraction of sp³-hybridized carbons (Fsp3) is 0.333. The van der Waals surface area contributed by atoms with E-state index in [9.17, 15) is 9.59 Å². The number of Topliss-reactive ketones (excluding diaryl/α,β-unsaturated/α-hetero) is 1. The van der Waals surface area contributed by atoms with Crippen LogP contribution in [-0.4, -0.2) is 37.1 Å². The third kappa shape index (κ3) is 3.12. The summed E-state index contributed by atoms with van der Waals surface area (Å²) in [5.74, 6) is -0.0492. The maximum absolute atomic E-state index is 13.1. The fourth-order valence-corrected chi connectivity index (χ4v) is 4.38. The second-order valence-electron chi connectivity index (χ2n) is 8.72. The van der Waals surface area contributed by atoms with E-state index in [0.29, 0.717) is 11.3 Å². The lowest BCUT2D eigenvalue weighted by Gasteiger charge is -2.30. The second-order valence-corrected chi connectivity index (χ2v) is 8.72. The monoisotopic (exact) mass is 415 g/mol. The van der Waals surface area contributed by atoms with E-state index < -0.39 is 0 Å². The molecule has 0 unspecified atom stereocenters. The molecule has 4 aromatic rings. The van der Waals surface area contributed by atoms with Gasteiger partial charge in [-0.1, -0.05) is 12.1 Å². The number of amides is 1. The zero-order chi connectivity index (χ0) is 21.9. The zero-order valence-corrected chi connectivity index (χ0v) is 18.1. The van der Waals surface area contributed by atoms with Gasteiger partial charge in [0.2, 0.25) is 0 Å². The highest BCUT2D eigenvalue weighted by molar-refractivity contribution is 6.04. The minimum absolute atomic E-state index is 0.0239. The normalized spacial score (nSPS) is 18.5. The number of nitrogens with one attached hydrogen (secondary N) is 1. The Hall–Kier alpha value is -3.48. The Morgan fingerprint density at radius 3 is 2.71 bits per heavy atom. The van der Waals surface area contributed by atoms with Gasteiger partial charge < -0.3 is 9.88 Å². The lowest BCUT2D eigenvalue weighted by Crippen LogP contribution is -2.44. The molecule has 1 amide bonds. The molecule has 0 saturated carbocycles. The molecule has 4 heterocycles. The first kappa shape index (κ1) is 19.5. The maximum atomic E-state index is 13.1. The maximum Gasteiger partial charge on any atom is 0.268 e. The first-order chi connectivity index (χ1) is 14.8. The van der Waals surface area contributed by atoms with Crippen molar-refractivity contribution in [3.63, 3.8) is 0 Å². The molecular weight excluding hydrogens is 390 g/mol. The molecule has 1 N–H and O–H groups in total. The van der Waals surface area contributed by atoms with Crippen LogP contribution in [0.25, 0.3) is 21.9 Å². The number of aromatic nitrogens is 4. The highest BCUT2D eigenvalue weighted by Gasteiger charge is 2.29. The van der Waals surface area contributed by atoms with Crippen LogP contribution >= 0.6 is 0 Å². The van der Waals surface area contributed by atoms with Crippen LogP contribution in [0.4, 0.5) is 0 Å². The van der Waals surface area contributed by atoms with Gasteiger partial charge in [0.25, 0.3) is 5.91 Å². The Bertz CT molecular complexity index is 1350. The van der Waals surface area contributed by atoms with E-state index in [2.05, 4.69) is 36.2 Å². The Morgan fingerprint density at radius 1 is 1.13 bits per heavy atom. The van der Waals surface area contributed by atoms with Gasteiger partial charge in [-0.2, -0.15) is 5.10 Å². The SMILES string of the molecule is CC(C)n1ncc2cc(CC(=O)c3ccc4cc5n(c4c3)[C@@H](C)[C@@H](C)NC5=O)cnc21. The molecule has 0 fully saturated rings. The van der Waals surface area contributed by atoms with Crippen LogP contribution < -0.4 is 5.32 Å². The van der Waals surface area contributed by atoms with Crippen LogP contribution in [0.1, 0.15) is 66.2 Å². The summed E-state index contributed by atoms with van der Waals surface area (Å²) in [6.07, 6.45) is 3.82. The molecule has 3 aromatic heterocycles. The summed E-state index contributed by atoms with van der Waals surface area (Å²) in [4.78, 5) is 30.0. The number of carbonyl (C=O) groups excluding carboxylic acids is 2. The number of pyridine rings is 1. The van der Waals surface area contributed by atoms with Gasteiger partial charge in [0.15, 0.2) is 11.4 Å². The first-order valence-electron chi connectivity index (χ1n) is 10.6. The number of fused-ring (bicyclic) bond motifs is 4. The second kappa shape index (κ2) is 7.04. The van der Waals surface area contributed by atoms with E-state index in [4.69, 9.17) is 0 Å². The summed E-state index contributed by atoms with van der Waals surface area (Å²) < 4.78 is 3.92. The van der Waals surface area contributed by atoms with Crippen LogP contribution in [-0.2, 0) is 6.42 Å². The van der Waals surface area contributed by atoms with Gasteiger partial charge in [-0.3, -0.25) is 9.59 Å². The summed E-state index contributed by atoms with van der Waals surface area (Å²) in [6, 6.07) is 9.91. The van der Waals surface area contributed by atoms with E-state index in [1.807, 2.05) is 46.5 Å². The van der Waals surface area contributed by atoms with Gasteiger partial charge in [-0.15, -0.1) is 0 Å². The van der Waals surface area contributed by atoms with E-state index >= 15 is 0 Å². The van der Waals surface area contributed by atoms with E-state index in [1.165, 1.54) is 0 Å². The molecule has 1 aliphatic rings. The minimum atomic E-state index is -0.0732. The highest BCUT2D eigenvalue weighted by atomic mass is 16.2. The predicted molar refractivity (Wildman–Crippen MR) is 120 cm³/mol. The molecule has 31 heavy (non-hydrogen) atoms. The van der Waals surface area contributed by atoms with Gasteiger partial charge in [-0.25, -0.2) is 9.67 Å². The smallest absolute Gasteiger partial charge is 0.268 e. The predicted octanol–water partition coefficient (Wildman–Crippen LogP) is 4.09. The van der Waals surface area contributed by atoms with Gasteiger partial charge in [0, 0.05) is 46.6 Å². The molecule has 7 heteroatoms. The molecule has 7 nitrogen and oxygen atoms in total. The third-order valence-corrected chi connectivity index (χ3v) is 6.23. The summed E-state index contributed by atoms with van der Waals surface area (Å²) in [6.45, 7) is 8.21. The molecule has 2 atom stereocenters. The molecule has 5 rings (SSSR count). The average Bonchev–Trinajstić information content (AvgIpc) is 3.33. The lowest BCUT2D eigenvalue weighted by atomic mass is 10.0. The number of benzene rings is 1. The van der Waals surface area contributed by atoms with Crippen molar-refractivity contribution in [2.45, 2.75) is 52.2 Å². The van der Waals surface area contributed by atoms with Crippen LogP contribution in [0.5, 0.6) is 0 Å². The molecule has 0 bridgehead atoms. The van der Waals surface area contributed by atoms with Gasteiger partial charge in [-0.05, 0) is 51.5 Å². The number of rotatable bonds is 4. The van der Waals surface area contributed by atoms with Gasteiger partial charge >= 0.3 is 0 Å². The van der Waals surface area contributed by atoms with Crippen molar-refractivity contribution in [2.24, 2.45) is 0 Å². The average molecular weight is 415 g/mol. The molecule has 0 saturated heterocycles. The quantitative estimate of drug-likeness (QED) is 0.509. The molecule has 1 aromatic carbocycles. The standard InChI is InChI=1S/C24H25N5O2/c1-13(2)29-23-19(12-26-29)7-16(11-25-23)8-22(30)18-6-5-17-9-21-24(31)27-14(3)15(4)28(21)20(17)10-18/h5-7,9-15H,8H2,1-4H3,(H,27,31)/t14-,15+/m1/s1. The van der Waals surface area contributed by atoms with Crippen molar-refractivity contribution < 1.29 is 9.59 Å². The van der Waals surface area contributed by atoms with Gasteiger partial charge in [0.1, 0.15) is 5.69 Å². The Kier molecular flexibility index (Phi) is 4.43. The van der Waals surface area contributed by atoms with Crippen LogP contribution in [0.15, 0.2) is 42.7 Å². The number of ketones is 1. The number of nitrogens with zero attached hydrogens (tertiary/aromatic N) is 4. The molecule has 0 aliphatic carbocycles. The van der Waals surface area contributed by atoms with Crippen LogP contribution in [0.2, 0.25) is 0 Å². The number of carbonyl (C=O) groups is 2. The minimum Gasteiger partial charge on any atom is -0.346 e. The van der Waals surface area contributed by atoms with Gasteiger partial charge in [0.05, 0.1) is 12.2 Å². The topological polar surface area (TPSA) is 81.8 Å². The first-order valence-corrected chi connectivity index (χ1v) is 10.6. The molecule has 0 radical (unpaired) electrons. The summed E-state index contributed by atoms with van der Waals surface area (Å²) in [7, 11) is 0. The van der Waals surface area contributed by atoms with Crippen molar-refractivity contribution in [3.8, 4) is 0 Å². The largest absolute Gasteiger partial charge is 0.346 e. The Balaban J connectivity index is 1.48. The van der Waals surface area contributed by atoms with Crippen molar-refractivity contribution in [1.29, 1.82) is 0 Å². The number of hydrogen-bond acceptors (Lipinski definition) is 4. The Labute approximate surface area is 180 Å². The Morgan fingerprint density at radius 2 is 1.94 bits per heavy atom. The van der Waals surface area contributed by atoms with Crippen molar-refractivity contribution >= 4 is 33.6 Å². The van der Waals surface area contributed by atoms with Crippen molar-refractivity contribution in [2.75, 3.05) is 0 Å². The van der Waals surface area contributed by atoms with Crippen LogP contribution in [0, 0.1) is 0 Å². The van der Waals surface area contributed by atoms with Crippen molar-refractivity contribution in [3.05, 3.63) is 59.5 Å². The molecule has 0 spiro atoms.